The lowest BCUT2D eigenvalue weighted by molar-refractivity contribution is -0.135. The maximum atomic E-state index is 12.5. The molecule has 0 unspecified atom stereocenters. The smallest absolute Gasteiger partial charge is 0.387 e. The molecule has 1 aromatic rings. The summed E-state index contributed by atoms with van der Waals surface area (Å²) in [6, 6.07) is 3.48. The first-order chi connectivity index (χ1) is 11.3. The van der Waals surface area contributed by atoms with Crippen LogP contribution in [0.5, 0.6) is 5.75 Å². The van der Waals surface area contributed by atoms with Crippen molar-refractivity contribution in [2.24, 2.45) is 0 Å². The molecule has 9 heteroatoms. The van der Waals surface area contributed by atoms with Crippen molar-refractivity contribution in [3.8, 4) is 5.75 Å². The first kappa shape index (κ1) is 17.3. The molecule has 24 heavy (non-hydrogen) atoms. The number of carbonyl (C=O) groups is 2. The third kappa shape index (κ3) is 3.17. The Labute approximate surface area is 146 Å². The summed E-state index contributed by atoms with van der Waals surface area (Å²) in [5.41, 5.74) is 0.358. The molecule has 130 valence electrons. The second-order valence-electron chi connectivity index (χ2n) is 5.78. The quantitative estimate of drug-likeness (QED) is 0.875. The standard InChI is InChI=1S/C15H15ClF2N2O3S/c1-15-5-4-12(21)20(15)10(7-24-15)13(22)19-8-2-3-11(9(16)6-8)23-14(17)18/h2-3,6,10,14H,4-5,7H2,1H3,(H,19,22)/t10-,15-/m1/s1. The molecule has 2 atom stereocenters. The second-order valence-corrected chi connectivity index (χ2v) is 7.69. The number of nitrogens with zero attached hydrogens (tertiary/aromatic N) is 1. The van der Waals surface area contributed by atoms with E-state index < -0.39 is 12.7 Å². The number of alkyl halides is 2. The van der Waals surface area contributed by atoms with Gasteiger partial charge in [0.1, 0.15) is 11.8 Å². The number of amides is 2. The molecule has 1 aromatic carbocycles. The summed E-state index contributed by atoms with van der Waals surface area (Å²) in [5, 5.41) is 2.65. The summed E-state index contributed by atoms with van der Waals surface area (Å²) in [4.78, 5) is 25.9. The van der Waals surface area contributed by atoms with Gasteiger partial charge in [-0.3, -0.25) is 9.59 Å². The topological polar surface area (TPSA) is 58.6 Å². The normalized spacial score (nSPS) is 26.0. The SMILES string of the molecule is C[C@@]12CCC(=O)N1[C@@H](C(=O)Nc1ccc(OC(F)F)c(Cl)c1)CS2. The maximum absolute atomic E-state index is 12.5. The molecule has 0 bridgehead atoms. The van der Waals surface area contributed by atoms with Crippen LogP contribution in [0.3, 0.4) is 0 Å². The van der Waals surface area contributed by atoms with Crippen LogP contribution >= 0.6 is 23.4 Å². The largest absolute Gasteiger partial charge is 0.433 e. The highest BCUT2D eigenvalue weighted by atomic mass is 35.5. The van der Waals surface area contributed by atoms with Crippen molar-refractivity contribution in [3.63, 3.8) is 0 Å². The Morgan fingerprint density at radius 3 is 2.96 bits per heavy atom. The average Bonchev–Trinajstić information content (AvgIpc) is 2.98. The maximum Gasteiger partial charge on any atom is 0.387 e. The highest BCUT2D eigenvalue weighted by molar-refractivity contribution is 8.01. The molecule has 0 spiro atoms. The van der Waals surface area contributed by atoms with Gasteiger partial charge < -0.3 is 15.0 Å². The number of ether oxygens (including phenoxy) is 1. The van der Waals surface area contributed by atoms with E-state index in [1.165, 1.54) is 18.2 Å². The number of nitrogens with one attached hydrogen (secondary N) is 1. The molecule has 2 fully saturated rings. The van der Waals surface area contributed by atoms with Crippen LogP contribution in [-0.4, -0.2) is 40.0 Å². The Kier molecular flexibility index (Phi) is 4.61. The van der Waals surface area contributed by atoms with Crippen molar-refractivity contribution in [1.29, 1.82) is 0 Å². The zero-order chi connectivity index (χ0) is 17.5. The van der Waals surface area contributed by atoms with Gasteiger partial charge in [0.05, 0.1) is 9.89 Å². The molecule has 0 saturated carbocycles. The van der Waals surface area contributed by atoms with Crippen LogP contribution in [0.25, 0.3) is 0 Å². The fraction of sp³-hybridized carbons (Fsp3) is 0.467. The molecule has 5 nitrogen and oxygen atoms in total. The third-order valence-corrected chi connectivity index (χ3v) is 5.96. The number of halogens is 3. The minimum atomic E-state index is -2.97. The molecular formula is C15H15ClF2N2O3S. The molecule has 2 aliphatic heterocycles. The summed E-state index contributed by atoms with van der Waals surface area (Å²) < 4.78 is 28.7. The Bertz CT molecular complexity index is 691. The van der Waals surface area contributed by atoms with Crippen LogP contribution in [0.2, 0.25) is 5.02 Å². The van der Waals surface area contributed by atoms with Gasteiger partial charge in [0, 0.05) is 17.9 Å². The minimum Gasteiger partial charge on any atom is -0.433 e. The van der Waals surface area contributed by atoms with Crippen LogP contribution in [0, 0.1) is 0 Å². The zero-order valence-electron chi connectivity index (χ0n) is 12.7. The van der Waals surface area contributed by atoms with Crippen LogP contribution in [0.1, 0.15) is 19.8 Å². The molecule has 2 heterocycles. The second kappa shape index (κ2) is 6.40. The molecule has 0 aliphatic carbocycles. The predicted octanol–water partition coefficient (Wildman–Crippen LogP) is 3.33. The fourth-order valence-corrected chi connectivity index (χ4v) is 4.67. The van der Waals surface area contributed by atoms with E-state index in [-0.39, 0.29) is 27.5 Å². The number of fused-ring (bicyclic) bond motifs is 1. The number of carbonyl (C=O) groups excluding carboxylic acids is 2. The van der Waals surface area contributed by atoms with E-state index >= 15 is 0 Å². The van der Waals surface area contributed by atoms with Crippen molar-refractivity contribution in [3.05, 3.63) is 23.2 Å². The lowest BCUT2D eigenvalue weighted by Crippen LogP contribution is -2.48. The highest BCUT2D eigenvalue weighted by Gasteiger charge is 2.52. The van der Waals surface area contributed by atoms with Crippen molar-refractivity contribution in [2.45, 2.75) is 37.3 Å². The van der Waals surface area contributed by atoms with Crippen LogP contribution < -0.4 is 10.1 Å². The van der Waals surface area contributed by atoms with Gasteiger partial charge in [-0.1, -0.05) is 11.6 Å². The molecular weight excluding hydrogens is 362 g/mol. The fourth-order valence-electron chi connectivity index (χ4n) is 3.01. The van der Waals surface area contributed by atoms with Crippen LogP contribution in [-0.2, 0) is 9.59 Å². The van der Waals surface area contributed by atoms with Gasteiger partial charge in [0.25, 0.3) is 0 Å². The van der Waals surface area contributed by atoms with Gasteiger partial charge in [0.15, 0.2) is 0 Å². The van der Waals surface area contributed by atoms with E-state index in [9.17, 15) is 18.4 Å². The zero-order valence-corrected chi connectivity index (χ0v) is 14.3. The molecule has 2 aliphatic rings. The van der Waals surface area contributed by atoms with Gasteiger partial charge in [0.2, 0.25) is 11.8 Å². The van der Waals surface area contributed by atoms with Crippen molar-refractivity contribution in [2.75, 3.05) is 11.1 Å². The minimum absolute atomic E-state index is 0.0265. The molecule has 2 saturated heterocycles. The van der Waals surface area contributed by atoms with Gasteiger partial charge in [-0.05, 0) is 31.5 Å². The molecule has 2 amide bonds. The summed E-state index contributed by atoms with van der Waals surface area (Å²) >= 11 is 7.47. The number of benzene rings is 1. The van der Waals surface area contributed by atoms with Gasteiger partial charge >= 0.3 is 6.61 Å². The Hall–Kier alpha value is -1.54. The monoisotopic (exact) mass is 376 g/mol. The number of rotatable bonds is 4. The van der Waals surface area contributed by atoms with E-state index in [0.717, 1.165) is 6.42 Å². The van der Waals surface area contributed by atoms with Crippen LogP contribution in [0.15, 0.2) is 18.2 Å². The number of hydrogen-bond acceptors (Lipinski definition) is 4. The van der Waals surface area contributed by atoms with Crippen LogP contribution in [0.4, 0.5) is 14.5 Å². The summed E-state index contributed by atoms with van der Waals surface area (Å²) in [6.45, 7) is -1.01. The van der Waals surface area contributed by atoms with Gasteiger partial charge in [-0.15, -0.1) is 11.8 Å². The lowest BCUT2D eigenvalue weighted by Gasteiger charge is -2.29. The summed E-state index contributed by atoms with van der Waals surface area (Å²) in [7, 11) is 0. The molecule has 0 aromatic heterocycles. The van der Waals surface area contributed by atoms with Crippen molar-refractivity contribution < 1.29 is 23.1 Å². The molecule has 1 N–H and O–H groups in total. The molecule has 3 rings (SSSR count). The number of anilines is 1. The number of thioether (sulfide) groups is 1. The van der Waals surface area contributed by atoms with E-state index in [0.29, 0.717) is 17.9 Å². The summed E-state index contributed by atoms with van der Waals surface area (Å²) in [6.07, 6.45) is 1.17. The van der Waals surface area contributed by atoms with Gasteiger partial charge in [-0.2, -0.15) is 8.78 Å². The average molecular weight is 377 g/mol. The molecule has 0 radical (unpaired) electrons. The predicted molar refractivity (Wildman–Crippen MR) is 87.4 cm³/mol. The Balaban J connectivity index is 1.71. The lowest BCUT2D eigenvalue weighted by atomic mass is 10.2. The Morgan fingerprint density at radius 2 is 2.29 bits per heavy atom. The highest BCUT2D eigenvalue weighted by Crippen LogP contribution is 2.47. The van der Waals surface area contributed by atoms with Crippen molar-refractivity contribution in [1.82, 2.24) is 4.90 Å². The van der Waals surface area contributed by atoms with E-state index in [4.69, 9.17) is 11.6 Å². The van der Waals surface area contributed by atoms with Crippen molar-refractivity contribution >= 4 is 40.9 Å². The first-order valence-electron chi connectivity index (χ1n) is 7.31. The number of hydrogen-bond donors (Lipinski definition) is 1. The third-order valence-electron chi connectivity index (χ3n) is 4.16. The van der Waals surface area contributed by atoms with E-state index in [1.807, 2.05) is 6.92 Å². The Morgan fingerprint density at radius 1 is 1.54 bits per heavy atom. The summed E-state index contributed by atoms with van der Waals surface area (Å²) in [5.74, 6) is 0.0128. The van der Waals surface area contributed by atoms with Gasteiger partial charge in [-0.25, -0.2) is 0 Å². The van der Waals surface area contributed by atoms with E-state index in [2.05, 4.69) is 10.1 Å². The first-order valence-corrected chi connectivity index (χ1v) is 8.68. The van der Waals surface area contributed by atoms with E-state index in [1.54, 1.807) is 16.7 Å².